The molecule has 0 atom stereocenters. The lowest BCUT2D eigenvalue weighted by Gasteiger charge is -2.08. The molecule has 2 aromatic rings. The molecule has 0 heterocycles. The van der Waals surface area contributed by atoms with E-state index in [1.165, 1.54) is 20.9 Å². The van der Waals surface area contributed by atoms with E-state index in [1.54, 1.807) is 11.8 Å². The minimum absolute atomic E-state index is 0.584. The van der Waals surface area contributed by atoms with E-state index in [0.717, 1.165) is 4.47 Å². The maximum absolute atomic E-state index is 5.78. The summed E-state index contributed by atoms with van der Waals surface area (Å²) >= 11 is 5.19. The van der Waals surface area contributed by atoms with E-state index >= 15 is 0 Å². The molecule has 0 aliphatic rings. The molecule has 0 aliphatic carbocycles. The standard InChI is InChI=1S/C14H14BrNS/c1-10-2-7-14(11(8-10)9-16)17-13-5-3-12(15)4-6-13/h2-8H,9,16H2,1H3. The van der Waals surface area contributed by atoms with Crippen molar-refractivity contribution in [3.05, 3.63) is 58.1 Å². The molecular weight excluding hydrogens is 294 g/mol. The van der Waals surface area contributed by atoms with Crippen molar-refractivity contribution in [1.29, 1.82) is 0 Å². The van der Waals surface area contributed by atoms with Gasteiger partial charge in [0.05, 0.1) is 0 Å². The molecule has 3 heteroatoms. The fourth-order valence-electron chi connectivity index (χ4n) is 1.60. The molecule has 2 N–H and O–H groups in total. The Morgan fingerprint density at radius 2 is 1.82 bits per heavy atom. The van der Waals surface area contributed by atoms with Gasteiger partial charge in [0.15, 0.2) is 0 Å². The van der Waals surface area contributed by atoms with Crippen molar-refractivity contribution in [1.82, 2.24) is 0 Å². The third kappa shape index (κ3) is 3.35. The van der Waals surface area contributed by atoms with Crippen LogP contribution in [0.4, 0.5) is 0 Å². The van der Waals surface area contributed by atoms with Crippen LogP contribution in [-0.4, -0.2) is 0 Å². The molecule has 0 unspecified atom stereocenters. The summed E-state index contributed by atoms with van der Waals surface area (Å²) in [6.45, 7) is 2.67. The van der Waals surface area contributed by atoms with Crippen molar-refractivity contribution in [2.45, 2.75) is 23.3 Å². The minimum atomic E-state index is 0.584. The molecule has 0 aromatic heterocycles. The zero-order valence-electron chi connectivity index (χ0n) is 9.61. The number of hydrogen-bond acceptors (Lipinski definition) is 2. The summed E-state index contributed by atoms with van der Waals surface area (Å²) in [5, 5.41) is 0. The highest BCUT2D eigenvalue weighted by molar-refractivity contribution is 9.10. The Bertz CT molecular complexity index is 508. The topological polar surface area (TPSA) is 26.0 Å². The van der Waals surface area contributed by atoms with E-state index in [4.69, 9.17) is 5.73 Å². The second-order valence-electron chi connectivity index (χ2n) is 3.87. The van der Waals surface area contributed by atoms with Crippen molar-refractivity contribution in [2.75, 3.05) is 0 Å². The molecule has 0 amide bonds. The molecule has 2 aromatic carbocycles. The fraction of sp³-hybridized carbons (Fsp3) is 0.143. The van der Waals surface area contributed by atoms with E-state index in [1.807, 2.05) is 0 Å². The van der Waals surface area contributed by atoms with E-state index in [-0.39, 0.29) is 0 Å². The van der Waals surface area contributed by atoms with Crippen molar-refractivity contribution in [3.63, 3.8) is 0 Å². The number of rotatable bonds is 3. The first-order chi connectivity index (χ1) is 8.19. The second kappa shape index (κ2) is 5.71. The Balaban J connectivity index is 2.26. The lowest BCUT2D eigenvalue weighted by Crippen LogP contribution is -1.98. The molecule has 0 saturated heterocycles. The second-order valence-corrected chi connectivity index (χ2v) is 5.90. The molecule has 0 spiro atoms. The highest BCUT2D eigenvalue weighted by Crippen LogP contribution is 2.31. The van der Waals surface area contributed by atoms with Crippen LogP contribution in [0.5, 0.6) is 0 Å². The maximum Gasteiger partial charge on any atom is 0.0189 e. The zero-order chi connectivity index (χ0) is 12.3. The predicted octanol–water partition coefficient (Wildman–Crippen LogP) is 4.37. The molecule has 88 valence electrons. The molecule has 0 aliphatic heterocycles. The quantitative estimate of drug-likeness (QED) is 0.911. The first-order valence-electron chi connectivity index (χ1n) is 5.42. The lowest BCUT2D eigenvalue weighted by molar-refractivity contribution is 1.02. The van der Waals surface area contributed by atoms with Crippen LogP contribution < -0.4 is 5.73 Å². The summed E-state index contributed by atoms with van der Waals surface area (Å²) in [6, 6.07) is 14.7. The Kier molecular flexibility index (Phi) is 4.26. The Labute approximate surface area is 115 Å². The van der Waals surface area contributed by atoms with Crippen LogP contribution in [0.15, 0.2) is 56.7 Å². The van der Waals surface area contributed by atoms with E-state index in [9.17, 15) is 0 Å². The van der Waals surface area contributed by atoms with Crippen LogP contribution >= 0.6 is 27.7 Å². The first-order valence-corrected chi connectivity index (χ1v) is 7.03. The van der Waals surface area contributed by atoms with Gasteiger partial charge in [-0.05, 0) is 42.8 Å². The maximum atomic E-state index is 5.78. The predicted molar refractivity (Wildman–Crippen MR) is 77.3 cm³/mol. The SMILES string of the molecule is Cc1ccc(Sc2ccc(Br)cc2)c(CN)c1. The van der Waals surface area contributed by atoms with Crippen molar-refractivity contribution < 1.29 is 0 Å². The number of benzene rings is 2. The normalized spacial score (nSPS) is 10.5. The lowest BCUT2D eigenvalue weighted by atomic mass is 10.1. The van der Waals surface area contributed by atoms with Crippen molar-refractivity contribution >= 4 is 27.7 Å². The van der Waals surface area contributed by atoms with Crippen LogP contribution in [0.2, 0.25) is 0 Å². The molecular formula is C14H14BrNS. The molecule has 1 nitrogen and oxygen atoms in total. The summed E-state index contributed by atoms with van der Waals surface area (Å²) < 4.78 is 1.10. The summed E-state index contributed by atoms with van der Waals surface area (Å²) in [5.74, 6) is 0. The third-order valence-electron chi connectivity index (χ3n) is 2.48. The monoisotopic (exact) mass is 307 g/mol. The number of halogens is 1. The Morgan fingerprint density at radius 3 is 2.47 bits per heavy atom. The van der Waals surface area contributed by atoms with Gasteiger partial charge in [0.25, 0.3) is 0 Å². The van der Waals surface area contributed by atoms with Crippen LogP contribution in [0.1, 0.15) is 11.1 Å². The van der Waals surface area contributed by atoms with Crippen LogP contribution in [0.3, 0.4) is 0 Å². The molecule has 0 radical (unpaired) electrons. The van der Waals surface area contributed by atoms with Gasteiger partial charge in [-0.3, -0.25) is 0 Å². The summed E-state index contributed by atoms with van der Waals surface area (Å²) in [7, 11) is 0. The largest absolute Gasteiger partial charge is 0.326 e. The van der Waals surface area contributed by atoms with Crippen molar-refractivity contribution in [3.8, 4) is 0 Å². The average molecular weight is 308 g/mol. The van der Waals surface area contributed by atoms with Crippen LogP contribution in [-0.2, 0) is 6.54 Å². The smallest absolute Gasteiger partial charge is 0.0189 e. The third-order valence-corrected chi connectivity index (χ3v) is 4.13. The molecule has 0 fully saturated rings. The van der Waals surface area contributed by atoms with Gasteiger partial charge in [0, 0.05) is 20.8 Å². The van der Waals surface area contributed by atoms with Gasteiger partial charge >= 0.3 is 0 Å². The van der Waals surface area contributed by atoms with Gasteiger partial charge in [-0.25, -0.2) is 0 Å². The Morgan fingerprint density at radius 1 is 1.12 bits per heavy atom. The zero-order valence-corrected chi connectivity index (χ0v) is 12.0. The van der Waals surface area contributed by atoms with Crippen LogP contribution in [0, 0.1) is 6.92 Å². The molecule has 0 saturated carbocycles. The van der Waals surface area contributed by atoms with Gasteiger partial charge in [-0.15, -0.1) is 0 Å². The van der Waals surface area contributed by atoms with E-state index in [0.29, 0.717) is 6.54 Å². The van der Waals surface area contributed by atoms with Gasteiger partial charge in [0.2, 0.25) is 0 Å². The Hall–Kier alpha value is -0.770. The fourth-order valence-corrected chi connectivity index (χ4v) is 2.80. The first kappa shape index (κ1) is 12.7. The van der Waals surface area contributed by atoms with Gasteiger partial charge in [-0.2, -0.15) is 0 Å². The molecule has 2 rings (SSSR count). The van der Waals surface area contributed by atoms with Gasteiger partial charge < -0.3 is 5.73 Å². The van der Waals surface area contributed by atoms with Crippen molar-refractivity contribution in [2.24, 2.45) is 5.73 Å². The highest BCUT2D eigenvalue weighted by atomic mass is 79.9. The number of nitrogens with two attached hydrogens (primary N) is 1. The minimum Gasteiger partial charge on any atom is -0.326 e. The number of aryl methyl sites for hydroxylation is 1. The van der Waals surface area contributed by atoms with E-state index < -0.39 is 0 Å². The van der Waals surface area contributed by atoms with Gasteiger partial charge in [0.1, 0.15) is 0 Å². The summed E-state index contributed by atoms with van der Waals surface area (Å²) in [5.41, 5.74) is 8.24. The highest BCUT2D eigenvalue weighted by Gasteiger charge is 2.03. The molecule has 17 heavy (non-hydrogen) atoms. The summed E-state index contributed by atoms with van der Waals surface area (Å²) in [6.07, 6.45) is 0. The number of hydrogen-bond donors (Lipinski definition) is 1. The van der Waals surface area contributed by atoms with Gasteiger partial charge in [-0.1, -0.05) is 45.4 Å². The average Bonchev–Trinajstić information content (AvgIpc) is 2.34. The molecule has 0 bridgehead atoms. The van der Waals surface area contributed by atoms with E-state index in [2.05, 4.69) is 65.3 Å². The van der Waals surface area contributed by atoms with Crippen LogP contribution in [0.25, 0.3) is 0 Å². The summed E-state index contributed by atoms with van der Waals surface area (Å²) in [4.78, 5) is 2.46.